The van der Waals surface area contributed by atoms with Gasteiger partial charge in [-0.1, -0.05) is 36.4 Å². The van der Waals surface area contributed by atoms with Crippen LogP contribution in [-0.4, -0.2) is 43.3 Å². The minimum atomic E-state index is 0.0489. The molecule has 7 heteroatoms. The lowest BCUT2D eigenvalue weighted by Gasteiger charge is -2.31. The van der Waals surface area contributed by atoms with E-state index in [-0.39, 0.29) is 11.8 Å². The Morgan fingerprint density at radius 3 is 2.47 bits per heavy atom. The number of hydrogen-bond acceptors (Lipinski definition) is 6. The molecule has 0 spiro atoms. The number of nitrogens with one attached hydrogen (secondary N) is 2. The number of benzene rings is 2. The van der Waals surface area contributed by atoms with E-state index in [9.17, 15) is 4.79 Å². The van der Waals surface area contributed by atoms with E-state index in [2.05, 4.69) is 42.8 Å². The third kappa shape index (κ3) is 5.55. The minimum Gasteiger partial charge on any atom is -0.378 e. The predicted octanol–water partition coefficient (Wildman–Crippen LogP) is 3.82. The van der Waals surface area contributed by atoms with Crippen LogP contribution in [0.15, 0.2) is 66.7 Å². The molecule has 166 valence electrons. The molecular formula is C25H30N6O. The van der Waals surface area contributed by atoms with Crippen molar-refractivity contribution in [3.8, 4) is 0 Å². The normalized spacial score (nSPS) is 14.1. The van der Waals surface area contributed by atoms with Crippen molar-refractivity contribution in [2.24, 2.45) is 5.92 Å². The van der Waals surface area contributed by atoms with Crippen molar-refractivity contribution in [2.75, 3.05) is 42.3 Å². The first-order chi connectivity index (χ1) is 15.6. The van der Waals surface area contributed by atoms with Crippen LogP contribution in [0.2, 0.25) is 0 Å². The molecule has 0 unspecified atom stereocenters. The highest BCUT2D eigenvalue weighted by Crippen LogP contribution is 2.24. The molecule has 0 atom stereocenters. The number of aromatic nitrogens is 2. The van der Waals surface area contributed by atoms with Gasteiger partial charge >= 0.3 is 0 Å². The Kier molecular flexibility index (Phi) is 6.84. The molecule has 0 radical (unpaired) electrons. The maximum atomic E-state index is 12.5. The average Bonchev–Trinajstić information content (AvgIpc) is 2.84. The van der Waals surface area contributed by atoms with Crippen molar-refractivity contribution in [1.82, 2.24) is 15.5 Å². The molecule has 1 aliphatic heterocycles. The van der Waals surface area contributed by atoms with E-state index < -0.39 is 0 Å². The van der Waals surface area contributed by atoms with Gasteiger partial charge in [-0.3, -0.25) is 4.79 Å². The molecule has 3 aromatic rings. The lowest BCUT2D eigenvalue weighted by Crippen LogP contribution is -2.40. The Morgan fingerprint density at radius 1 is 1.00 bits per heavy atom. The van der Waals surface area contributed by atoms with E-state index in [0.717, 1.165) is 48.7 Å². The van der Waals surface area contributed by atoms with E-state index in [0.29, 0.717) is 12.4 Å². The second kappa shape index (κ2) is 10.1. The van der Waals surface area contributed by atoms with Crippen LogP contribution in [0.25, 0.3) is 0 Å². The molecule has 1 saturated heterocycles. The number of hydrogen-bond donors (Lipinski definition) is 2. The standard InChI is InChI=1S/C25H30N6O/c1-30(2)22-10-6-9-21(17-22)27-23-11-12-24(29-28-23)31-15-13-20(14-16-31)25(32)26-18-19-7-4-3-5-8-19/h3-12,17,20H,13-16,18H2,1-2H3,(H,26,32)(H,27,28). The molecule has 2 heterocycles. The number of rotatable bonds is 7. The van der Waals surface area contributed by atoms with Gasteiger partial charge < -0.3 is 20.4 Å². The largest absolute Gasteiger partial charge is 0.378 e. The summed E-state index contributed by atoms with van der Waals surface area (Å²) in [5.74, 6) is 1.74. The molecule has 0 aliphatic carbocycles. The second-order valence-corrected chi connectivity index (χ2v) is 8.31. The van der Waals surface area contributed by atoms with Gasteiger partial charge in [0.05, 0.1) is 0 Å². The van der Waals surface area contributed by atoms with Crippen molar-refractivity contribution < 1.29 is 4.79 Å². The summed E-state index contributed by atoms with van der Waals surface area (Å²) in [5, 5.41) is 15.1. The number of carbonyl (C=O) groups is 1. The first-order valence-electron chi connectivity index (χ1n) is 11.0. The summed E-state index contributed by atoms with van der Waals surface area (Å²) < 4.78 is 0. The first-order valence-corrected chi connectivity index (χ1v) is 11.0. The number of anilines is 4. The second-order valence-electron chi connectivity index (χ2n) is 8.31. The Bertz CT molecular complexity index is 1010. The molecule has 2 N–H and O–H groups in total. The van der Waals surface area contributed by atoms with Gasteiger partial charge in [-0.15, -0.1) is 10.2 Å². The monoisotopic (exact) mass is 430 g/mol. The third-order valence-corrected chi connectivity index (χ3v) is 5.78. The van der Waals surface area contributed by atoms with Crippen LogP contribution in [0.4, 0.5) is 23.0 Å². The van der Waals surface area contributed by atoms with Gasteiger partial charge in [0.25, 0.3) is 0 Å². The summed E-state index contributed by atoms with van der Waals surface area (Å²) in [7, 11) is 4.04. The van der Waals surface area contributed by atoms with Crippen molar-refractivity contribution >= 4 is 28.9 Å². The maximum Gasteiger partial charge on any atom is 0.223 e. The lowest BCUT2D eigenvalue weighted by molar-refractivity contribution is -0.125. The Morgan fingerprint density at radius 2 is 1.78 bits per heavy atom. The Hall–Kier alpha value is -3.61. The van der Waals surface area contributed by atoms with Crippen LogP contribution in [0, 0.1) is 5.92 Å². The first kappa shape index (κ1) is 21.6. The highest BCUT2D eigenvalue weighted by Gasteiger charge is 2.25. The van der Waals surface area contributed by atoms with Crippen molar-refractivity contribution in [2.45, 2.75) is 19.4 Å². The van der Waals surface area contributed by atoms with Gasteiger partial charge in [0.15, 0.2) is 11.6 Å². The number of amides is 1. The fourth-order valence-corrected chi connectivity index (χ4v) is 3.87. The van der Waals surface area contributed by atoms with Crippen LogP contribution in [0.1, 0.15) is 18.4 Å². The molecule has 0 bridgehead atoms. The quantitative estimate of drug-likeness (QED) is 0.594. The van der Waals surface area contributed by atoms with Crippen LogP contribution >= 0.6 is 0 Å². The van der Waals surface area contributed by atoms with Gasteiger partial charge in [0, 0.05) is 51.0 Å². The van der Waals surface area contributed by atoms with E-state index in [1.54, 1.807) is 0 Å². The predicted molar refractivity (Wildman–Crippen MR) is 129 cm³/mol. The zero-order valence-corrected chi connectivity index (χ0v) is 18.7. The van der Waals surface area contributed by atoms with Crippen molar-refractivity contribution in [3.63, 3.8) is 0 Å². The summed E-state index contributed by atoms with van der Waals surface area (Å²) in [6.45, 7) is 2.18. The van der Waals surface area contributed by atoms with Gasteiger partial charge in [0.1, 0.15) is 0 Å². The summed E-state index contributed by atoms with van der Waals surface area (Å²) in [6, 6.07) is 22.1. The van der Waals surface area contributed by atoms with E-state index in [1.165, 1.54) is 0 Å². The zero-order valence-electron chi connectivity index (χ0n) is 18.7. The van der Waals surface area contributed by atoms with Gasteiger partial charge in [-0.25, -0.2) is 0 Å². The summed E-state index contributed by atoms with van der Waals surface area (Å²) in [6.07, 6.45) is 1.64. The van der Waals surface area contributed by atoms with Crippen molar-refractivity contribution in [3.05, 3.63) is 72.3 Å². The van der Waals surface area contributed by atoms with Crippen LogP contribution in [0.3, 0.4) is 0 Å². The van der Waals surface area contributed by atoms with Gasteiger partial charge in [0.2, 0.25) is 5.91 Å². The average molecular weight is 431 g/mol. The number of nitrogens with zero attached hydrogens (tertiary/aromatic N) is 4. The van der Waals surface area contributed by atoms with Crippen LogP contribution in [-0.2, 0) is 11.3 Å². The molecule has 1 fully saturated rings. The number of carbonyl (C=O) groups excluding carboxylic acids is 1. The molecule has 1 aliphatic rings. The highest BCUT2D eigenvalue weighted by molar-refractivity contribution is 5.79. The number of piperidine rings is 1. The van der Waals surface area contributed by atoms with E-state index in [4.69, 9.17) is 0 Å². The maximum absolute atomic E-state index is 12.5. The summed E-state index contributed by atoms with van der Waals surface area (Å²) in [5.41, 5.74) is 3.21. The van der Waals surface area contributed by atoms with E-state index >= 15 is 0 Å². The Labute approximate surface area is 189 Å². The van der Waals surface area contributed by atoms with Gasteiger partial charge in [-0.05, 0) is 48.7 Å². The van der Waals surface area contributed by atoms with Gasteiger partial charge in [-0.2, -0.15) is 0 Å². The molecule has 32 heavy (non-hydrogen) atoms. The van der Waals surface area contributed by atoms with Crippen LogP contribution < -0.4 is 20.4 Å². The zero-order chi connectivity index (χ0) is 22.3. The molecular weight excluding hydrogens is 400 g/mol. The topological polar surface area (TPSA) is 73.4 Å². The molecule has 0 saturated carbocycles. The lowest BCUT2D eigenvalue weighted by atomic mass is 9.96. The van der Waals surface area contributed by atoms with Crippen LogP contribution in [0.5, 0.6) is 0 Å². The summed E-state index contributed by atoms with van der Waals surface area (Å²) in [4.78, 5) is 16.8. The summed E-state index contributed by atoms with van der Waals surface area (Å²) >= 11 is 0. The molecule has 1 aromatic heterocycles. The molecule has 2 aromatic carbocycles. The third-order valence-electron chi connectivity index (χ3n) is 5.78. The SMILES string of the molecule is CN(C)c1cccc(Nc2ccc(N3CCC(C(=O)NCc4ccccc4)CC3)nn2)c1. The van der Waals surface area contributed by atoms with Crippen molar-refractivity contribution in [1.29, 1.82) is 0 Å². The minimum absolute atomic E-state index is 0.0489. The fraction of sp³-hybridized carbons (Fsp3) is 0.320. The smallest absolute Gasteiger partial charge is 0.223 e. The van der Waals surface area contributed by atoms with E-state index in [1.807, 2.05) is 68.7 Å². The molecule has 4 rings (SSSR count). The molecule has 1 amide bonds. The fourth-order valence-electron chi connectivity index (χ4n) is 3.87. The molecule has 7 nitrogen and oxygen atoms in total. The Balaban J connectivity index is 1.27. The highest BCUT2D eigenvalue weighted by atomic mass is 16.1.